The standard InChI is InChI=1S/C10H18I2O3S.Zn/c11-6-4-2-1-3-5-8(12)7-16-10(15)9(13)14;/h8,10,15H,1-7H2,(H,13,14);. The van der Waals surface area contributed by atoms with Gasteiger partial charge in [0.25, 0.3) is 0 Å². The number of hydrogen-bond donors (Lipinski definition) is 2. The second kappa shape index (κ2) is 14.3. The summed E-state index contributed by atoms with van der Waals surface area (Å²) in [6.07, 6.45) is 6.15. The number of rotatable bonds is 10. The molecule has 7 heteroatoms. The predicted molar refractivity (Wildman–Crippen MR) is 85.9 cm³/mol. The molecule has 0 radical (unpaired) electrons. The van der Waals surface area contributed by atoms with Crippen molar-refractivity contribution in [2.45, 2.75) is 41.5 Å². The van der Waals surface area contributed by atoms with E-state index in [1.54, 1.807) is 0 Å². The summed E-state index contributed by atoms with van der Waals surface area (Å²) in [4.78, 5) is 10.4. The molecule has 0 aliphatic carbocycles. The average molecular weight is 538 g/mol. The minimum Gasteiger partial charge on any atom is -0.479 e. The molecule has 3 nitrogen and oxygen atoms in total. The second-order valence-corrected chi connectivity index (χ2v) is 7.47. The Hall–Kier alpha value is 1.86. The number of aliphatic hydroxyl groups is 1. The Kier molecular flexibility index (Phi) is 17.8. The van der Waals surface area contributed by atoms with Gasteiger partial charge in [0.15, 0.2) is 5.44 Å². The summed E-state index contributed by atoms with van der Waals surface area (Å²) < 4.78 is 1.68. The number of unbranched alkanes of at least 4 members (excludes halogenated alkanes) is 3. The van der Waals surface area contributed by atoms with Crippen molar-refractivity contribution in [1.82, 2.24) is 0 Å². The zero-order valence-electron chi connectivity index (χ0n) is 9.78. The first kappa shape index (κ1) is 21.2. The van der Waals surface area contributed by atoms with E-state index in [1.165, 1.54) is 30.1 Å². The molecule has 0 bridgehead atoms. The van der Waals surface area contributed by atoms with Crippen LogP contribution in [0, 0.1) is 0 Å². The fourth-order valence-electron chi connectivity index (χ4n) is 1.16. The van der Waals surface area contributed by atoms with Crippen LogP contribution in [-0.2, 0) is 24.3 Å². The van der Waals surface area contributed by atoms with Gasteiger partial charge in [-0.05, 0) is 17.3 Å². The zero-order valence-corrected chi connectivity index (χ0v) is 17.9. The Balaban J connectivity index is 0. The Morgan fingerprint density at radius 2 is 1.82 bits per heavy atom. The van der Waals surface area contributed by atoms with E-state index in [-0.39, 0.29) is 19.5 Å². The van der Waals surface area contributed by atoms with Crippen LogP contribution in [0.2, 0.25) is 0 Å². The van der Waals surface area contributed by atoms with Crippen molar-refractivity contribution in [3.8, 4) is 0 Å². The van der Waals surface area contributed by atoms with Gasteiger partial charge in [-0.25, -0.2) is 4.79 Å². The number of aliphatic hydroxyl groups excluding tert-OH is 1. The fraction of sp³-hybridized carbons (Fsp3) is 0.900. The van der Waals surface area contributed by atoms with E-state index in [0.717, 1.165) is 18.2 Å². The van der Waals surface area contributed by atoms with Gasteiger partial charge in [-0.2, -0.15) is 0 Å². The summed E-state index contributed by atoms with van der Waals surface area (Å²) in [5.74, 6) is -0.434. The molecule has 0 amide bonds. The number of halogens is 2. The summed E-state index contributed by atoms with van der Waals surface area (Å²) in [6.45, 7) is 0. The smallest absolute Gasteiger partial charge is 0.343 e. The summed E-state index contributed by atoms with van der Waals surface area (Å²) in [5.41, 5.74) is -1.27. The molecule has 2 N–H and O–H groups in total. The monoisotopic (exact) mass is 536 g/mol. The summed E-state index contributed by atoms with van der Waals surface area (Å²) in [5, 5.41) is 17.6. The topological polar surface area (TPSA) is 57.5 Å². The minimum atomic E-state index is -1.27. The Bertz CT molecular complexity index is 198. The van der Waals surface area contributed by atoms with Gasteiger partial charge in [0.05, 0.1) is 0 Å². The Morgan fingerprint density at radius 1 is 1.24 bits per heavy atom. The maximum Gasteiger partial charge on any atom is 0.343 e. The molecule has 0 saturated carbocycles. The van der Waals surface area contributed by atoms with Crippen molar-refractivity contribution >= 4 is 62.9 Å². The molecule has 0 fully saturated rings. The first-order valence-electron chi connectivity index (χ1n) is 5.30. The Labute approximate surface area is 147 Å². The van der Waals surface area contributed by atoms with Crippen LogP contribution in [0.25, 0.3) is 0 Å². The molecule has 0 aromatic carbocycles. The van der Waals surface area contributed by atoms with Crippen LogP contribution < -0.4 is 0 Å². The fourth-order valence-corrected chi connectivity index (χ4v) is 3.47. The van der Waals surface area contributed by atoms with E-state index in [2.05, 4.69) is 45.2 Å². The molecule has 2 unspecified atom stereocenters. The van der Waals surface area contributed by atoms with Gasteiger partial charge in [0.1, 0.15) is 0 Å². The van der Waals surface area contributed by atoms with Crippen LogP contribution in [-0.4, -0.2) is 35.7 Å². The molecule has 0 spiro atoms. The van der Waals surface area contributed by atoms with Crippen LogP contribution in [0.15, 0.2) is 0 Å². The largest absolute Gasteiger partial charge is 0.479 e. The summed E-state index contributed by atoms with van der Waals surface area (Å²) in [6, 6.07) is 0. The van der Waals surface area contributed by atoms with Crippen LogP contribution in [0.1, 0.15) is 32.1 Å². The predicted octanol–water partition coefficient (Wildman–Crippen LogP) is 3.31. The van der Waals surface area contributed by atoms with E-state index in [1.807, 2.05) is 0 Å². The first-order chi connectivity index (χ1) is 7.57. The third-order valence-electron chi connectivity index (χ3n) is 2.05. The van der Waals surface area contributed by atoms with Crippen molar-refractivity contribution < 1.29 is 34.5 Å². The molecule has 0 aliphatic heterocycles. The summed E-state index contributed by atoms with van der Waals surface area (Å²) >= 11 is 5.83. The van der Waals surface area contributed by atoms with Gasteiger partial charge >= 0.3 is 5.97 Å². The van der Waals surface area contributed by atoms with Crippen molar-refractivity contribution in [2.75, 3.05) is 10.2 Å². The van der Waals surface area contributed by atoms with Crippen LogP contribution in [0.5, 0.6) is 0 Å². The molecular weight excluding hydrogens is 519 g/mol. The number of hydrogen-bond acceptors (Lipinski definition) is 3. The van der Waals surface area contributed by atoms with Gasteiger partial charge in [0, 0.05) is 29.2 Å². The molecule has 2 atom stereocenters. The molecule has 98 valence electrons. The van der Waals surface area contributed by atoms with Gasteiger partial charge in [0.2, 0.25) is 0 Å². The molecule has 0 heterocycles. The molecular formula is C10H18I2O3SZn. The van der Waals surface area contributed by atoms with E-state index in [0.29, 0.717) is 9.68 Å². The van der Waals surface area contributed by atoms with E-state index < -0.39 is 11.4 Å². The number of carbonyl (C=O) groups is 1. The maximum absolute atomic E-state index is 10.4. The van der Waals surface area contributed by atoms with Crippen molar-refractivity contribution in [3.05, 3.63) is 0 Å². The third kappa shape index (κ3) is 14.1. The molecule has 0 rings (SSSR count). The quantitative estimate of drug-likeness (QED) is 0.148. The maximum atomic E-state index is 10.4. The molecule has 0 aromatic heterocycles. The van der Waals surface area contributed by atoms with Crippen molar-refractivity contribution in [3.63, 3.8) is 0 Å². The number of aliphatic carboxylic acids is 1. The number of thioether (sulfide) groups is 1. The first-order valence-corrected chi connectivity index (χ1v) is 9.12. The third-order valence-corrected chi connectivity index (χ3v) is 5.58. The van der Waals surface area contributed by atoms with E-state index >= 15 is 0 Å². The van der Waals surface area contributed by atoms with Crippen LogP contribution >= 0.6 is 56.9 Å². The SMILES string of the molecule is O=C(O)C(O)SCC(I)CCCCCCI.[Zn]. The van der Waals surface area contributed by atoms with Crippen molar-refractivity contribution in [1.29, 1.82) is 0 Å². The second-order valence-electron chi connectivity index (χ2n) is 3.51. The normalized spacial score (nSPS) is 13.8. The molecule has 17 heavy (non-hydrogen) atoms. The van der Waals surface area contributed by atoms with E-state index in [4.69, 9.17) is 10.2 Å². The van der Waals surface area contributed by atoms with Crippen molar-refractivity contribution in [2.24, 2.45) is 0 Å². The van der Waals surface area contributed by atoms with Gasteiger partial charge in [-0.1, -0.05) is 64.4 Å². The molecule has 0 aliphatic rings. The molecule has 0 aromatic rings. The number of carboxylic acids is 1. The van der Waals surface area contributed by atoms with Crippen LogP contribution in [0.3, 0.4) is 0 Å². The minimum absolute atomic E-state index is 0. The van der Waals surface area contributed by atoms with E-state index in [9.17, 15) is 4.79 Å². The van der Waals surface area contributed by atoms with Gasteiger partial charge in [-0.3, -0.25) is 0 Å². The Morgan fingerprint density at radius 3 is 2.35 bits per heavy atom. The van der Waals surface area contributed by atoms with Gasteiger partial charge in [-0.15, -0.1) is 11.8 Å². The number of alkyl halides is 2. The van der Waals surface area contributed by atoms with Crippen LogP contribution in [0.4, 0.5) is 0 Å². The summed E-state index contributed by atoms with van der Waals surface area (Å²) in [7, 11) is 0. The van der Waals surface area contributed by atoms with Gasteiger partial charge < -0.3 is 10.2 Å². The number of carboxylic acid groups (broad SMARTS) is 1. The zero-order chi connectivity index (χ0) is 12.4. The molecule has 0 saturated heterocycles. The average Bonchev–Trinajstić information content (AvgIpc) is 2.25.